The van der Waals surface area contributed by atoms with E-state index in [0.717, 1.165) is 9.13 Å². The summed E-state index contributed by atoms with van der Waals surface area (Å²) in [4.78, 5) is 52.7. The van der Waals surface area contributed by atoms with Crippen LogP contribution in [-0.2, 0) is 11.8 Å². The van der Waals surface area contributed by atoms with Gasteiger partial charge in [0.2, 0.25) is 0 Å². The second-order valence-corrected chi connectivity index (χ2v) is 9.05. The zero-order chi connectivity index (χ0) is 25.6. The fourth-order valence-electron chi connectivity index (χ4n) is 3.84. The molecule has 0 aliphatic carbocycles. The van der Waals surface area contributed by atoms with Gasteiger partial charge in [-0.3, -0.25) is 28.5 Å². The molecule has 2 aromatic heterocycles. The van der Waals surface area contributed by atoms with Crippen LogP contribution < -0.4 is 27.9 Å². The lowest BCUT2D eigenvalue weighted by Crippen LogP contribution is -2.34. The quantitative estimate of drug-likeness (QED) is 0.260. The Bertz CT molecular complexity index is 1690. The number of anilines is 2. The third-order valence-corrected chi connectivity index (χ3v) is 6.23. The van der Waals surface area contributed by atoms with Crippen molar-refractivity contribution in [3.05, 3.63) is 94.2 Å². The number of benzene rings is 2. The van der Waals surface area contributed by atoms with Gasteiger partial charge in [0.25, 0.3) is 17.0 Å². The summed E-state index contributed by atoms with van der Waals surface area (Å²) in [7, 11) is 1.42. The lowest BCUT2D eigenvalue weighted by atomic mass is 10.1. The molecule has 1 atom stereocenters. The summed E-state index contributed by atoms with van der Waals surface area (Å²) in [5.41, 5.74) is 3.38. The Kier molecular flexibility index (Phi) is 6.34. The zero-order valence-electron chi connectivity index (χ0n) is 18.4. The third kappa shape index (κ3) is 4.25. The van der Waals surface area contributed by atoms with Gasteiger partial charge in [0.1, 0.15) is 17.0 Å². The van der Waals surface area contributed by atoms with Crippen molar-refractivity contribution < 1.29 is 14.3 Å². The number of aliphatic hydroxyl groups excluding tert-OH is 1. The molecular formula is C23H19FIN5O5. The monoisotopic (exact) mass is 591 g/mol. The summed E-state index contributed by atoms with van der Waals surface area (Å²) < 4.78 is 17.5. The summed E-state index contributed by atoms with van der Waals surface area (Å²) in [5.74, 6) is -1.62. The van der Waals surface area contributed by atoms with E-state index in [1.807, 2.05) is 22.6 Å². The molecule has 1 amide bonds. The van der Waals surface area contributed by atoms with Gasteiger partial charge in [0.05, 0.1) is 16.9 Å². The number of H-pyrrole nitrogens is 1. The highest BCUT2D eigenvalue weighted by molar-refractivity contribution is 14.1. The van der Waals surface area contributed by atoms with Gasteiger partial charge in [-0.05, 0) is 65.4 Å². The first-order valence-electron chi connectivity index (χ1n) is 10.2. The van der Waals surface area contributed by atoms with Gasteiger partial charge in [-0.2, -0.15) is 0 Å². The fourth-order valence-corrected chi connectivity index (χ4v) is 4.30. The molecule has 0 saturated heterocycles. The second kappa shape index (κ2) is 9.11. The van der Waals surface area contributed by atoms with Crippen LogP contribution in [0.25, 0.3) is 16.6 Å². The molecule has 12 heteroatoms. The summed E-state index contributed by atoms with van der Waals surface area (Å²) in [5, 5.41) is 12.8. The van der Waals surface area contributed by atoms with E-state index in [-0.39, 0.29) is 39.2 Å². The number of pyridine rings is 1. The van der Waals surface area contributed by atoms with Crippen molar-refractivity contribution in [3.8, 4) is 5.69 Å². The second-order valence-electron chi connectivity index (χ2n) is 7.81. The Balaban J connectivity index is 2.08. The predicted octanol–water partition coefficient (Wildman–Crippen LogP) is 1.69. The zero-order valence-corrected chi connectivity index (χ0v) is 20.6. The first-order chi connectivity index (χ1) is 16.5. The van der Waals surface area contributed by atoms with Gasteiger partial charge < -0.3 is 16.2 Å². The maximum Gasteiger partial charge on any atom is 0.333 e. The van der Waals surface area contributed by atoms with Gasteiger partial charge >= 0.3 is 5.69 Å². The average Bonchev–Trinajstić information content (AvgIpc) is 2.81. The molecule has 0 spiro atoms. The van der Waals surface area contributed by atoms with E-state index in [1.165, 1.54) is 50.4 Å². The van der Waals surface area contributed by atoms with Crippen molar-refractivity contribution in [2.24, 2.45) is 12.8 Å². The summed E-state index contributed by atoms with van der Waals surface area (Å²) >= 11 is 1.95. The van der Waals surface area contributed by atoms with Crippen LogP contribution in [0, 0.1) is 16.3 Å². The molecule has 0 aliphatic rings. The number of carbonyl (C=O) groups excluding carboxylic acids is 1. The lowest BCUT2D eigenvalue weighted by Gasteiger charge is -2.19. The number of hydrogen-bond acceptors (Lipinski definition) is 6. The van der Waals surface area contributed by atoms with E-state index in [9.17, 15) is 28.7 Å². The Hall–Kier alpha value is -3.78. The van der Waals surface area contributed by atoms with Crippen LogP contribution in [0.2, 0.25) is 0 Å². The Morgan fingerprint density at radius 3 is 2.57 bits per heavy atom. The number of rotatable bonds is 5. The number of fused-ring (bicyclic) bond motifs is 1. The molecule has 0 bridgehead atoms. The minimum Gasteiger partial charge on any atom is -0.378 e. The third-order valence-electron chi connectivity index (χ3n) is 5.56. The number of nitrogens with one attached hydrogen (secondary N) is 2. The maximum absolute atomic E-state index is 14.6. The number of aromatic nitrogens is 3. The molecule has 2 heterocycles. The van der Waals surface area contributed by atoms with Crippen molar-refractivity contribution in [2.45, 2.75) is 13.0 Å². The van der Waals surface area contributed by atoms with Crippen molar-refractivity contribution in [1.82, 2.24) is 14.1 Å². The van der Waals surface area contributed by atoms with E-state index in [1.54, 1.807) is 6.07 Å². The highest BCUT2D eigenvalue weighted by Crippen LogP contribution is 2.27. The van der Waals surface area contributed by atoms with Gasteiger partial charge in [-0.25, -0.2) is 9.18 Å². The molecule has 2 aromatic carbocycles. The van der Waals surface area contributed by atoms with Crippen molar-refractivity contribution in [2.75, 3.05) is 5.32 Å². The van der Waals surface area contributed by atoms with Crippen LogP contribution in [-0.4, -0.2) is 25.1 Å². The number of aromatic amines is 1. The Morgan fingerprint density at radius 2 is 1.91 bits per heavy atom. The van der Waals surface area contributed by atoms with Gasteiger partial charge in [-0.15, -0.1) is 0 Å². The maximum atomic E-state index is 14.6. The predicted molar refractivity (Wildman–Crippen MR) is 137 cm³/mol. The van der Waals surface area contributed by atoms with Gasteiger partial charge in [-0.1, -0.05) is 12.1 Å². The Morgan fingerprint density at radius 1 is 1.20 bits per heavy atom. The number of aliphatic hydroxyl groups is 1. The molecule has 0 radical (unpaired) electrons. The normalized spacial score (nSPS) is 12.0. The fraction of sp³-hybridized carbons (Fsp3) is 0.130. The number of hydrogen-bond donors (Lipinski definition) is 4. The molecule has 4 rings (SSSR count). The minimum absolute atomic E-state index is 0.0130. The van der Waals surface area contributed by atoms with Gasteiger partial charge in [0, 0.05) is 16.2 Å². The van der Waals surface area contributed by atoms with Crippen molar-refractivity contribution >= 4 is 50.9 Å². The van der Waals surface area contributed by atoms with Crippen LogP contribution in [0.4, 0.5) is 15.9 Å². The number of amides is 1. The van der Waals surface area contributed by atoms with Crippen LogP contribution >= 0.6 is 22.6 Å². The minimum atomic E-state index is -1.63. The number of primary amides is 1. The summed E-state index contributed by atoms with van der Waals surface area (Å²) in [6.45, 7) is 1.46. The molecule has 4 aromatic rings. The number of nitrogens with two attached hydrogens (primary N) is 1. The van der Waals surface area contributed by atoms with Crippen molar-refractivity contribution in [3.63, 3.8) is 0 Å². The highest BCUT2D eigenvalue weighted by atomic mass is 127. The SMILES string of the molecule is Cc1c(=O)n(C)c(Nc2ccc(I)cc2F)c2c(=O)[nH]c(=O)n(-c3cccc(C(O)C(N)=O)c3)c12. The van der Waals surface area contributed by atoms with Crippen molar-refractivity contribution in [1.29, 1.82) is 0 Å². The Labute approximate surface area is 210 Å². The number of aryl methyl sites for hydroxylation is 1. The number of nitrogens with zero attached hydrogens (tertiary/aromatic N) is 2. The molecule has 0 aliphatic heterocycles. The summed E-state index contributed by atoms with van der Waals surface area (Å²) in [6, 6.07) is 10.2. The van der Waals surface area contributed by atoms with Gasteiger partial charge in [0.15, 0.2) is 6.10 Å². The molecule has 10 nitrogen and oxygen atoms in total. The first kappa shape index (κ1) is 24.3. The smallest absolute Gasteiger partial charge is 0.333 e. The standard InChI is InChI=1S/C23H19FIN5O5/c1-10-17-16(20(29(2)22(10)34)27-15-7-6-12(25)9-14(15)24)21(33)28-23(35)30(17)13-5-3-4-11(8-13)18(31)19(26)32/h3-9,18,27,31H,1-2H3,(H2,26,32)(H,28,33,35). The van der Waals surface area contributed by atoms with E-state index in [0.29, 0.717) is 3.57 Å². The number of carbonyl (C=O) groups is 1. The van der Waals surface area contributed by atoms with E-state index < -0.39 is 34.6 Å². The van der Waals surface area contributed by atoms with E-state index in [4.69, 9.17) is 5.73 Å². The lowest BCUT2D eigenvalue weighted by molar-refractivity contribution is -0.126. The van der Waals surface area contributed by atoms with Crippen LogP contribution in [0.1, 0.15) is 17.2 Å². The average molecular weight is 591 g/mol. The molecule has 180 valence electrons. The molecular weight excluding hydrogens is 572 g/mol. The molecule has 0 saturated carbocycles. The molecule has 0 fully saturated rings. The van der Waals surface area contributed by atoms with E-state index in [2.05, 4.69) is 10.3 Å². The molecule has 1 unspecified atom stereocenters. The van der Waals surface area contributed by atoms with E-state index >= 15 is 0 Å². The summed E-state index contributed by atoms with van der Waals surface area (Å²) in [6.07, 6.45) is -1.63. The topological polar surface area (TPSA) is 152 Å². The largest absolute Gasteiger partial charge is 0.378 e. The molecule has 35 heavy (non-hydrogen) atoms. The molecule has 5 N–H and O–H groups in total. The van der Waals surface area contributed by atoms with Crippen LogP contribution in [0.15, 0.2) is 56.8 Å². The van der Waals surface area contributed by atoms with Crippen LogP contribution in [0.5, 0.6) is 0 Å². The highest BCUT2D eigenvalue weighted by Gasteiger charge is 2.22. The number of halogens is 2. The van der Waals surface area contributed by atoms with Crippen LogP contribution in [0.3, 0.4) is 0 Å². The first-order valence-corrected chi connectivity index (χ1v) is 11.3.